The third kappa shape index (κ3) is 3.40. The lowest BCUT2D eigenvalue weighted by Gasteiger charge is -2.04. The SMILES string of the molecule is O=[NH+]c1ccccc1Sc1ccccc1C(=O)O.[OH-]. The van der Waals surface area contributed by atoms with Crippen molar-refractivity contribution in [3.63, 3.8) is 0 Å². The molecule has 0 aliphatic carbocycles. The molecule has 5 nitrogen and oxygen atoms in total. The van der Waals surface area contributed by atoms with Crippen LogP contribution in [0.1, 0.15) is 10.4 Å². The maximum atomic E-state index is 11.1. The van der Waals surface area contributed by atoms with Crippen LogP contribution < -0.4 is 5.18 Å². The molecule has 0 heterocycles. The number of nitroso groups, excluding NO2 is 1. The van der Waals surface area contributed by atoms with Gasteiger partial charge in [-0.05, 0) is 18.2 Å². The van der Waals surface area contributed by atoms with E-state index < -0.39 is 5.97 Å². The van der Waals surface area contributed by atoms with Gasteiger partial charge in [-0.25, -0.2) is 4.79 Å². The summed E-state index contributed by atoms with van der Waals surface area (Å²) in [5, 5.41) is 10.9. The van der Waals surface area contributed by atoms with E-state index in [1.54, 1.807) is 42.5 Å². The smallest absolute Gasteiger partial charge is 0.336 e. The van der Waals surface area contributed by atoms with Crippen LogP contribution >= 0.6 is 11.8 Å². The molecule has 0 aliphatic rings. The van der Waals surface area contributed by atoms with Crippen LogP contribution in [0.2, 0.25) is 0 Å². The second-order valence-corrected chi connectivity index (χ2v) is 4.59. The van der Waals surface area contributed by atoms with E-state index in [0.717, 1.165) is 0 Å². The van der Waals surface area contributed by atoms with Crippen LogP contribution in [0, 0.1) is 4.91 Å². The highest BCUT2D eigenvalue weighted by atomic mass is 32.2. The summed E-state index contributed by atoms with van der Waals surface area (Å²) in [5.74, 6) is -0.981. The highest BCUT2D eigenvalue weighted by Gasteiger charge is 2.14. The molecule has 0 saturated heterocycles. The highest BCUT2D eigenvalue weighted by molar-refractivity contribution is 7.99. The normalized spacial score (nSPS) is 9.47. The topological polar surface area (TPSA) is 98.3 Å². The van der Waals surface area contributed by atoms with Crippen LogP contribution in [0.15, 0.2) is 58.3 Å². The van der Waals surface area contributed by atoms with Crippen molar-refractivity contribution in [3.8, 4) is 0 Å². The molecule has 2 aromatic carbocycles. The Labute approximate surface area is 113 Å². The molecule has 98 valence electrons. The number of para-hydroxylation sites is 1. The zero-order valence-corrected chi connectivity index (χ0v) is 10.6. The van der Waals surface area contributed by atoms with Crippen molar-refractivity contribution >= 4 is 23.4 Å². The van der Waals surface area contributed by atoms with E-state index >= 15 is 0 Å². The quantitative estimate of drug-likeness (QED) is 0.888. The number of rotatable bonds is 4. The molecule has 19 heavy (non-hydrogen) atoms. The number of carbonyl (C=O) groups is 1. The van der Waals surface area contributed by atoms with Gasteiger partial charge < -0.3 is 10.6 Å². The zero-order chi connectivity index (χ0) is 13.0. The predicted octanol–water partition coefficient (Wildman–Crippen LogP) is 1.84. The van der Waals surface area contributed by atoms with Gasteiger partial charge in [-0.15, -0.1) is 0 Å². The van der Waals surface area contributed by atoms with Crippen LogP contribution in [0.5, 0.6) is 0 Å². The van der Waals surface area contributed by atoms with E-state index in [1.807, 2.05) is 5.18 Å². The third-order valence-corrected chi connectivity index (χ3v) is 3.49. The minimum Gasteiger partial charge on any atom is -0.870 e. The van der Waals surface area contributed by atoms with Gasteiger partial charge in [-0.2, -0.15) is 0 Å². The summed E-state index contributed by atoms with van der Waals surface area (Å²) in [7, 11) is 0. The van der Waals surface area contributed by atoms with Crippen molar-refractivity contribution in [2.75, 3.05) is 0 Å². The first-order valence-corrected chi connectivity index (χ1v) is 6.01. The minimum atomic E-state index is -0.981. The average Bonchev–Trinajstić information content (AvgIpc) is 2.40. The first-order chi connectivity index (χ1) is 8.72. The molecule has 0 amide bonds. The number of hydrogen-bond acceptors (Lipinski definition) is 4. The van der Waals surface area contributed by atoms with Gasteiger partial charge in [0.25, 0.3) is 5.69 Å². The van der Waals surface area contributed by atoms with Crippen molar-refractivity contribution in [1.82, 2.24) is 0 Å². The van der Waals surface area contributed by atoms with Gasteiger partial charge >= 0.3 is 5.97 Å². The van der Waals surface area contributed by atoms with E-state index in [4.69, 9.17) is 5.11 Å². The van der Waals surface area contributed by atoms with Crippen molar-refractivity contribution in [2.45, 2.75) is 9.79 Å². The Morgan fingerprint density at radius 1 is 1.00 bits per heavy atom. The minimum absolute atomic E-state index is 0. The molecule has 0 aromatic heterocycles. The molecule has 0 atom stereocenters. The van der Waals surface area contributed by atoms with Gasteiger partial charge in [0.15, 0.2) is 0 Å². The Bertz CT molecular complexity index is 601. The van der Waals surface area contributed by atoms with E-state index in [9.17, 15) is 9.70 Å². The molecule has 0 unspecified atom stereocenters. The van der Waals surface area contributed by atoms with E-state index in [1.165, 1.54) is 17.8 Å². The maximum Gasteiger partial charge on any atom is 0.336 e. The molecule has 2 rings (SSSR count). The lowest BCUT2D eigenvalue weighted by molar-refractivity contribution is -0.382. The third-order valence-electron chi connectivity index (χ3n) is 2.33. The molecule has 0 saturated carbocycles. The van der Waals surface area contributed by atoms with Gasteiger partial charge in [0.05, 0.1) is 10.5 Å². The van der Waals surface area contributed by atoms with Crippen molar-refractivity contribution in [2.24, 2.45) is 0 Å². The Morgan fingerprint density at radius 2 is 1.58 bits per heavy atom. The van der Waals surface area contributed by atoms with Crippen LogP contribution in [-0.2, 0) is 0 Å². The van der Waals surface area contributed by atoms with Crippen LogP contribution in [0.25, 0.3) is 0 Å². The van der Waals surface area contributed by atoms with Crippen molar-refractivity contribution < 1.29 is 20.6 Å². The van der Waals surface area contributed by atoms with Crippen LogP contribution in [0.4, 0.5) is 5.69 Å². The number of benzene rings is 2. The molecule has 0 fully saturated rings. The second kappa shape index (κ2) is 6.67. The fourth-order valence-corrected chi connectivity index (χ4v) is 2.51. The molecule has 3 N–H and O–H groups in total. The summed E-state index contributed by atoms with van der Waals surface area (Å²) in [4.78, 5) is 23.2. The highest BCUT2D eigenvalue weighted by Crippen LogP contribution is 2.33. The Morgan fingerprint density at radius 3 is 2.21 bits per heavy atom. The summed E-state index contributed by atoms with van der Waals surface area (Å²) in [6.45, 7) is 0. The largest absolute Gasteiger partial charge is 0.870 e. The maximum absolute atomic E-state index is 11.1. The fraction of sp³-hybridized carbons (Fsp3) is 0. The Hall–Kier alpha value is -2.18. The number of nitrogens with one attached hydrogen (secondary N) is 1. The fourth-order valence-electron chi connectivity index (χ4n) is 1.49. The Balaban J connectivity index is 0.00000180. The van der Waals surface area contributed by atoms with E-state index in [0.29, 0.717) is 15.5 Å². The van der Waals surface area contributed by atoms with Gasteiger partial charge in [0.1, 0.15) is 0 Å². The van der Waals surface area contributed by atoms with Crippen molar-refractivity contribution in [1.29, 1.82) is 0 Å². The van der Waals surface area contributed by atoms with Crippen LogP contribution in [-0.4, -0.2) is 16.6 Å². The monoisotopic (exact) mass is 277 g/mol. The standard InChI is InChI=1S/C13H9NO3S.H2O/c15-13(16)9-5-1-3-7-11(9)18-12-8-4-2-6-10(12)14-17;/h1-8H,(H,15,16);1H2. The number of carboxylic acid groups (broad SMARTS) is 1. The molecule has 2 aromatic rings. The average molecular weight is 277 g/mol. The lowest BCUT2D eigenvalue weighted by Crippen LogP contribution is -2.56. The molecular formula is C13H11NO4S. The van der Waals surface area contributed by atoms with Gasteiger partial charge in [-0.1, -0.05) is 36.0 Å². The summed E-state index contributed by atoms with van der Waals surface area (Å²) in [6, 6.07) is 13.7. The number of carboxylic acids is 1. The Kier molecular flexibility index (Phi) is 5.23. The summed E-state index contributed by atoms with van der Waals surface area (Å²) < 4.78 is 0. The summed E-state index contributed by atoms with van der Waals surface area (Å²) >= 11 is 1.25. The number of hydrogen-bond donors (Lipinski definition) is 2. The molecule has 0 radical (unpaired) electrons. The first kappa shape index (κ1) is 14.9. The van der Waals surface area contributed by atoms with Gasteiger partial charge in [0.2, 0.25) is 0 Å². The van der Waals surface area contributed by atoms with Gasteiger partial charge in [-0.3, -0.25) is 0 Å². The molecule has 0 aliphatic heterocycles. The summed E-state index contributed by atoms with van der Waals surface area (Å²) in [5.41, 5.74) is 0.658. The molecular weight excluding hydrogens is 266 g/mol. The lowest BCUT2D eigenvalue weighted by atomic mass is 10.2. The molecule has 6 heteroatoms. The van der Waals surface area contributed by atoms with Gasteiger partial charge in [0, 0.05) is 21.0 Å². The van der Waals surface area contributed by atoms with E-state index in [-0.39, 0.29) is 11.0 Å². The number of aromatic carboxylic acids is 1. The first-order valence-electron chi connectivity index (χ1n) is 5.19. The van der Waals surface area contributed by atoms with E-state index in [2.05, 4.69) is 0 Å². The summed E-state index contributed by atoms with van der Waals surface area (Å²) in [6.07, 6.45) is 0. The molecule has 0 bridgehead atoms. The zero-order valence-electron chi connectivity index (χ0n) is 9.74. The van der Waals surface area contributed by atoms with Crippen molar-refractivity contribution in [3.05, 3.63) is 59.0 Å². The van der Waals surface area contributed by atoms with Crippen LogP contribution in [0.3, 0.4) is 0 Å². The predicted molar refractivity (Wildman–Crippen MR) is 69.9 cm³/mol. The second-order valence-electron chi connectivity index (χ2n) is 3.50. The molecule has 0 spiro atoms.